The van der Waals surface area contributed by atoms with E-state index in [9.17, 15) is 20.3 Å². The maximum atomic E-state index is 13.4. The summed E-state index contributed by atoms with van der Waals surface area (Å²) in [7, 11) is 0. The van der Waals surface area contributed by atoms with Crippen molar-refractivity contribution in [3.8, 4) is 6.07 Å². The number of aliphatic hydroxyl groups is 2. The van der Waals surface area contributed by atoms with Gasteiger partial charge in [-0.05, 0) is 41.3 Å². The van der Waals surface area contributed by atoms with Crippen LogP contribution in [0.25, 0.3) is 10.9 Å². The van der Waals surface area contributed by atoms with Crippen LogP contribution in [0.2, 0.25) is 0 Å². The van der Waals surface area contributed by atoms with Crippen LogP contribution in [-0.4, -0.2) is 27.6 Å². The highest BCUT2D eigenvalue weighted by Crippen LogP contribution is 2.45. The first-order valence-corrected chi connectivity index (χ1v) is 9.40. The van der Waals surface area contributed by atoms with E-state index in [2.05, 4.69) is 11.1 Å². The van der Waals surface area contributed by atoms with Gasteiger partial charge in [0.1, 0.15) is 6.10 Å². The molecule has 28 heavy (non-hydrogen) atoms. The van der Waals surface area contributed by atoms with Gasteiger partial charge in [0.15, 0.2) is 5.78 Å². The van der Waals surface area contributed by atoms with Gasteiger partial charge in [-0.15, -0.1) is 0 Å². The molecule has 0 saturated carbocycles. The number of aryl methyl sites for hydroxylation is 1. The number of nitriles is 1. The molecule has 1 aromatic heterocycles. The van der Waals surface area contributed by atoms with Crippen LogP contribution < -0.4 is 0 Å². The second-order valence-electron chi connectivity index (χ2n) is 7.85. The maximum Gasteiger partial charge on any atom is 0.195 e. The van der Waals surface area contributed by atoms with Gasteiger partial charge in [0, 0.05) is 27.6 Å². The number of fused-ring (bicyclic) bond motifs is 4. The summed E-state index contributed by atoms with van der Waals surface area (Å²) < 4.78 is 0. The lowest BCUT2D eigenvalue weighted by Crippen LogP contribution is -2.31. The third kappa shape index (κ3) is 2.42. The predicted octanol–water partition coefficient (Wildman–Crippen LogP) is 3.50. The van der Waals surface area contributed by atoms with Crippen molar-refractivity contribution < 1.29 is 15.0 Å². The van der Waals surface area contributed by atoms with Crippen LogP contribution in [-0.2, 0) is 11.8 Å². The normalized spacial score (nSPS) is 15.8. The van der Waals surface area contributed by atoms with Gasteiger partial charge in [-0.1, -0.05) is 32.9 Å². The number of carbonyl (C=O) groups is 1. The lowest BCUT2D eigenvalue weighted by Gasteiger charge is -2.33. The molecule has 5 heteroatoms. The van der Waals surface area contributed by atoms with Crippen LogP contribution in [0.5, 0.6) is 0 Å². The molecule has 3 aromatic rings. The van der Waals surface area contributed by atoms with Crippen LogP contribution in [0.15, 0.2) is 30.3 Å². The fraction of sp³-hybridized carbons (Fsp3) is 0.304. The molecule has 1 aliphatic rings. The number of nitrogens with zero attached hydrogens (tertiary/aromatic N) is 1. The molecule has 0 amide bonds. The number of H-pyrrole nitrogens is 1. The second kappa shape index (κ2) is 6.30. The van der Waals surface area contributed by atoms with Gasteiger partial charge >= 0.3 is 0 Å². The number of nitrogens with one attached hydrogen (secondary N) is 1. The molecule has 0 unspecified atom stereocenters. The summed E-state index contributed by atoms with van der Waals surface area (Å²) in [6.07, 6.45) is -0.326. The van der Waals surface area contributed by atoms with E-state index >= 15 is 0 Å². The summed E-state index contributed by atoms with van der Waals surface area (Å²) in [6.45, 7) is 5.68. The monoisotopic (exact) mass is 374 g/mol. The summed E-state index contributed by atoms with van der Waals surface area (Å²) in [6, 6.07) is 11.2. The molecule has 0 spiro atoms. The van der Waals surface area contributed by atoms with Crippen molar-refractivity contribution in [1.82, 2.24) is 4.98 Å². The first kappa shape index (κ1) is 18.4. The zero-order chi connectivity index (χ0) is 20.2. The van der Waals surface area contributed by atoms with E-state index in [0.29, 0.717) is 28.7 Å². The number of benzene rings is 2. The topological polar surface area (TPSA) is 97.1 Å². The number of rotatable bonds is 3. The van der Waals surface area contributed by atoms with Crippen LogP contribution in [0.4, 0.5) is 0 Å². The molecule has 0 aliphatic heterocycles. The zero-order valence-electron chi connectivity index (χ0n) is 16.1. The molecule has 142 valence electrons. The molecule has 3 N–H and O–H groups in total. The quantitative estimate of drug-likeness (QED) is 0.654. The molecule has 5 nitrogen and oxygen atoms in total. The van der Waals surface area contributed by atoms with Crippen molar-refractivity contribution in [2.24, 2.45) is 0 Å². The Balaban J connectivity index is 2.02. The van der Waals surface area contributed by atoms with Gasteiger partial charge in [0.25, 0.3) is 0 Å². The lowest BCUT2D eigenvalue weighted by molar-refractivity contribution is 0.0946. The summed E-state index contributed by atoms with van der Waals surface area (Å²) in [5.74, 6) is -0.0555. The first-order valence-electron chi connectivity index (χ1n) is 9.40. The number of hydrogen-bond acceptors (Lipinski definition) is 4. The Bertz CT molecular complexity index is 1160. The highest BCUT2D eigenvalue weighted by molar-refractivity contribution is 6.20. The average molecular weight is 374 g/mol. The zero-order valence-corrected chi connectivity index (χ0v) is 16.1. The Morgan fingerprint density at radius 1 is 1.25 bits per heavy atom. The summed E-state index contributed by atoms with van der Waals surface area (Å²) in [4.78, 5) is 16.8. The SMILES string of the molecule is CCc1cc2c(cc1[C@H](O)CO)C(C)(C)c1[nH]c3cc(C#N)ccc3c1C2=O. The van der Waals surface area contributed by atoms with E-state index < -0.39 is 11.5 Å². The standard InChI is InChI=1S/C23H22N2O3/c1-4-13-8-16-17(9-15(13)19(27)11-26)23(2,3)22-20(21(16)28)14-6-5-12(10-24)7-18(14)25-22/h5-9,19,25-27H,4,11H2,1-3H3/t19-/m1/s1. The van der Waals surface area contributed by atoms with E-state index in [1.54, 1.807) is 12.1 Å². The van der Waals surface area contributed by atoms with E-state index in [4.69, 9.17) is 0 Å². The Morgan fingerprint density at radius 3 is 2.64 bits per heavy atom. The Morgan fingerprint density at radius 2 is 2.00 bits per heavy atom. The van der Waals surface area contributed by atoms with Crippen LogP contribution in [0.1, 0.15) is 70.7 Å². The van der Waals surface area contributed by atoms with Crippen molar-refractivity contribution in [3.63, 3.8) is 0 Å². The highest BCUT2D eigenvalue weighted by Gasteiger charge is 2.40. The predicted molar refractivity (Wildman–Crippen MR) is 106 cm³/mol. The Labute approximate surface area is 163 Å². The molecule has 1 atom stereocenters. The molecule has 0 radical (unpaired) electrons. The van der Waals surface area contributed by atoms with Gasteiger partial charge in [-0.25, -0.2) is 0 Å². The van der Waals surface area contributed by atoms with Crippen molar-refractivity contribution in [3.05, 3.63) is 69.4 Å². The van der Waals surface area contributed by atoms with Crippen molar-refractivity contribution >= 4 is 16.7 Å². The number of aliphatic hydroxyl groups excluding tert-OH is 2. The summed E-state index contributed by atoms with van der Waals surface area (Å²) >= 11 is 0. The largest absolute Gasteiger partial charge is 0.393 e. The molecule has 4 rings (SSSR count). The van der Waals surface area contributed by atoms with E-state index in [1.807, 2.05) is 39.0 Å². The van der Waals surface area contributed by atoms with Crippen molar-refractivity contribution in [2.75, 3.05) is 6.61 Å². The molecule has 1 aliphatic carbocycles. The molecule has 2 aromatic carbocycles. The molecular formula is C23H22N2O3. The Kier molecular flexibility index (Phi) is 4.15. The van der Waals surface area contributed by atoms with Crippen LogP contribution in [0.3, 0.4) is 0 Å². The van der Waals surface area contributed by atoms with E-state index in [-0.39, 0.29) is 12.4 Å². The maximum absolute atomic E-state index is 13.4. The van der Waals surface area contributed by atoms with Gasteiger partial charge in [-0.3, -0.25) is 4.79 Å². The minimum Gasteiger partial charge on any atom is -0.393 e. The van der Waals surface area contributed by atoms with Gasteiger partial charge in [0.2, 0.25) is 0 Å². The number of aromatic amines is 1. The molecule has 0 bridgehead atoms. The van der Waals surface area contributed by atoms with Crippen molar-refractivity contribution in [2.45, 2.75) is 38.7 Å². The number of carbonyl (C=O) groups excluding carboxylic acids is 1. The number of hydrogen-bond donors (Lipinski definition) is 3. The van der Waals surface area contributed by atoms with E-state index in [0.717, 1.165) is 27.7 Å². The van der Waals surface area contributed by atoms with Crippen molar-refractivity contribution in [1.29, 1.82) is 5.26 Å². The van der Waals surface area contributed by atoms with Crippen LogP contribution >= 0.6 is 0 Å². The first-order chi connectivity index (χ1) is 13.3. The summed E-state index contributed by atoms with van der Waals surface area (Å²) in [5.41, 5.74) is 5.25. The fourth-order valence-corrected chi connectivity index (χ4v) is 4.32. The minimum absolute atomic E-state index is 0.0555. The lowest BCUT2D eigenvalue weighted by atomic mass is 9.70. The number of aromatic nitrogens is 1. The fourth-order valence-electron chi connectivity index (χ4n) is 4.32. The van der Waals surface area contributed by atoms with Gasteiger partial charge in [0.05, 0.1) is 23.8 Å². The second-order valence-corrected chi connectivity index (χ2v) is 7.85. The smallest absolute Gasteiger partial charge is 0.195 e. The van der Waals surface area contributed by atoms with Gasteiger partial charge in [-0.2, -0.15) is 5.26 Å². The number of ketones is 1. The molecule has 0 saturated heterocycles. The molecular weight excluding hydrogens is 352 g/mol. The molecule has 0 fully saturated rings. The highest BCUT2D eigenvalue weighted by atomic mass is 16.3. The third-order valence-corrected chi connectivity index (χ3v) is 5.89. The van der Waals surface area contributed by atoms with E-state index in [1.165, 1.54) is 0 Å². The third-order valence-electron chi connectivity index (χ3n) is 5.89. The van der Waals surface area contributed by atoms with Crippen LogP contribution in [0, 0.1) is 11.3 Å². The molecule has 1 heterocycles. The van der Waals surface area contributed by atoms with Gasteiger partial charge < -0.3 is 15.2 Å². The Hall–Kier alpha value is -2.94. The minimum atomic E-state index is -0.978. The summed E-state index contributed by atoms with van der Waals surface area (Å²) in [5, 5.41) is 29.7. The average Bonchev–Trinajstić information content (AvgIpc) is 3.10.